The van der Waals surface area contributed by atoms with E-state index in [9.17, 15) is 19.2 Å². The molecular weight excluding hydrogens is 522 g/mol. The van der Waals surface area contributed by atoms with Gasteiger partial charge in [-0.25, -0.2) is 4.79 Å². The number of rotatable bonds is 5. The predicted octanol–water partition coefficient (Wildman–Crippen LogP) is 4.01. The molecule has 1 fully saturated rings. The molecule has 41 heavy (non-hydrogen) atoms. The first-order valence-corrected chi connectivity index (χ1v) is 14.2. The second-order valence-electron chi connectivity index (χ2n) is 11.7. The van der Waals surface area contributed by atoms with Crippen LogP contribution in [0.3, 0.4) is 0 Å². The fourth-order valence-electron chi connectivity index (χ4n) is 5.90. The van der Waals surface area contributed by atoms with Gasteiger partial charge in [0.2, 0.25) is 11.8 Å². The van der Waals surface area contributed by atoms with E-state index < -0.39 is 29.7 Å². The average Bonchev–Trinajstić information content (AvgIpc) is 3.54. The van der Waals surface area contributed by atoms with Crippen LogP contribution in [0.4, 0.5) is 4.79 Å². The van der Waals surface area contributed by atoms with Crippen LogP contribution in [0.25, 0.3) is 11.1 Å². The van der Waals surface area contributed by atoms with E-state index in [1.54, 1.807) is 32.9 Å². The third kappa shape index (κ3) is 6.29. The molecule has 9 nitrogen and oxygen atoms in total. The first-order chi connectivity index (χ1) is 19.6. The Kier molecular flexibility index (Phi) is 8.15. The first kappa shape index (κ1) is 28.4. The lowest BCUT2D eigenvalue weighted by Crippen LogP contribution is -2.55. The number of fused-ring (bicyclic) bond motifs is 4. The molecule has 0 saturated carbocycles. The highest BCUT2D eigenvalue weighted by atomic mass is 16.6. The summed E-state index contributed by atoms with van der Waals surface area (Å²) in [7, 11) is 0. The molecular formula is C32H37N3O6. The summed E-state index contributed by atoms with van der Waals surface area (Å²) in [6.45, 7) is 5.88. The molecule has 2 aromatic carbocycles. The average molecular weight is 560 g/mol. The van der Waals surface area contributed by atoms with Gasteiger partial charge in [-0.1, -0.05) is 60.7 Å². The second kappa shape index (κ2) is 11.8. The van der Waals surface area contributed by atoms with Crippen LogP contribution in [0.2, 0.25) is 0 Å². The van der Waals surface area contributed by atoms with Gasteiger partial charge in [0.05, 0.1) is 0 Å². The fourth-order valence-corrected chi connectivity index (χ4v) is 5.90. The molecule has 216 valence electrons. The van der Waals surface area contributed by atoms with E-state index >= 15 is 0 Å². The van der Waals surface area contributed by atoms with Crippen molar-refractivity contribution in [1.82, 2.24) is 15.1 Å². The molecule has 3 amide bonds. The molecule has 5 rings (SSSR count). The standard InChI is InChI=1S/C32H37N3O6/c1-32(2,3)41-28(36)19-34-17-9-8-15-26(29(37)35-18-10-16-27(35)30(34)38)33-31(39)40-20-25-23-13-6-4-11-21(23)22-12-5-7-14-24(22)25/h4-9,11-14,25-27H,10,15-20H2,1-3H3,(H,33,39)/b9-8-/t26-,27-/m0/s1. The normalized spacial score (nSPS) is 21.5. The third-order valence-corrected chi connectivity index (χ3v) is 7.67. The van der Waals surface area contributed by atoms with Crippen molar-refractivity contribution in [3.63, 3.8) is 0 Å². The van der Waals surface area contributed by atoms with Crippen LogP contribution >= 0.6 is 0 Å². The molecule has 1 N–H and O–H groups in total. The number of benzene rings is 2. The molecule has 2 heterocycles. The van der Waals surface area contributed by atoms with E-state index in [0.717, 1.165) is 22.3 Å². The molecule has 0 spiro atoms. The summed E-state index contributed by atoms with van der Waals surface area (Å²) < 4.78 is 11.1. The van der Waals surface area contributed by atoms with Gasteiger partial charge < -0.3 is 24.6 Å². The number of carbonyl (C=O) groups is 4. The number of carbonyl (C=O) groups excluding carboxylic acids is 4. The van der Waals surface area contributed by atoms with Gasteiger partial charge in [0.25, 0.3) is 0 Å². The topological polar surface area (TPSA) is 105 Å². The lowest BCUT2D eigenvalue weighted by molar-refractivity contribution is -0.159. The number of nitrogens with zero attached hydrogens (tertiary/aromatic N) is 2. The highest BCUT2D eigenvalue weighted by Gasteiger charge is 2.40. The van der Waals surface area contributed by atoms with Gasteiger partial charge in [0, 0.05) is 19.0 Å². The minimum atomic E-state index is -0.868. The minimum Gasteiger partial charge on any atom is -0.459 e. The van der Waals surface area contributed by atoms with Crippen LogP contribution in [0.1, 0.15) is 57.1 Å². The summed E-state index contributed by atoms with van der Waals surface area (Å²) in [6, 6.07) is 14.6. The maximum Gasteiger partial charge on any atom is 0.407 e. The van der Waals surface area contributed by atoms with Crippen molar-refractivity contribution in [2.24, 2.45) is 0 Å². The maximum atomic E-state index is 13.6. The Morgan fingerprint density at radius 2 is 1.61 bits per heavy atom. The van der Waals surface area contributed by atoms with E-state index in [-0.39, 0.29) is 43.8 Å². The molecule has 1 aliphatic carbocycles. The van der Waals surface area contributed by atoms with Crippen molar-refractivity contribution in [3.05, 3.63) is 71.8 Å². The second-order valence-corrected chi connectivity index (χ2v) is 11.7. The molecule has 2 aliphatic heterocycles. The summed E-state index contributed by atoms with van der Waals surface area (Å²) in [4.78, 5) is 55.4. The van der Waals surface area contributed by atoms with Crippen molar-refractivity contribution in [1.29, 1.82) is 0 Å². The van der Waals surface area contributed by atoms with Crippen LogP contribution in [-0.4, -0.2) is 77.6 Å². The minimum absolute atomic E-state index is 0.0932. The molecule has 3 aliphatic rings. The van der Waals surface area contributed by atoms with E-state index in [1.807, 2.05) is 36.4 Å². The number of nitrogens with one attached hydrogen (secondary N) is 1. The van der Waals surface area contributed by atoms with Gasteiger partial charge in [-0.15, -0.1) is 0 Å². The zero-order chi connectivity index (χ0) is 29.1. The third-order valence-electron chi connectivity index (χ3n) is 7.67. The monoisotopic (exact) mass is 559 g/mol. The summed E-state index contributed by atoms with van der Waals surface area (Å²) in [5.41, 5.74) is 3.81. The molecule has 9 heteroatoms. The van der Waals surface area contributed by atoms with Gasteiger partial charge in [-0.2, -0.15) is 0 Å². The maximum absolute atomic E-state index is 13.6. The summed E-state index contributed by atoms with van der Waals surface area (Å²) >= 11 is 0. The molecule has 0 unspecified atom stereocenters. The van der Waals surface area contributed by atoms with E-state index in [0.29, 0.717) is 19.4 Å². The zero-order valence-electron chi connectivity index (χ0n) is 23.8. The number of hydrogen-bond donors (Lipinski definition) is 1. The predicted molar refractivity (Wildman–Crippen MR) is 153 cm³/mol. The van der Waals surface area contributed by atoms with Crippen LogP contribution in [0.5, 0.6) is 0 Å². The van der Waals surface area contributed by atoms with E-state index in [1.165, 1.54) is 9.80 Å². The van der Waals surface area contributed by atoms with Gasteiger partial charge in [-0.05, 0) is 62.3 Å². The largest absolute Gasteiger partial charge is 0.459 e. The Bertz CT molecular complexity index is 1320. The molecule has 1 saturated heterocycles. The molecule has 2 atom stereocenters. The summed E-state index contributed by atoms with van der Waals surface area (Å²) in [6.07, 6.45) is 4.21. The SMILES string of the molecule is CC(C)(C)OC(=O)CN1C/C=C\C[C@H](NC(=O)OCC2c3ccccc3-c3ccccc32)C(=O)N2CCC[C@H]2C1=O. The van der Waals surface area contributed by atoms with Crippen molar-refractivity contribution in [2.75, 3.05) is 26.2 Å². The fraction of sp³-hybridized carbons (Fsp3) is 0.438. The highest BCUT2D eigenvalue weighted by molar-refractivity contribution is 5.93. The van der Waals surface area contributed by atoms with E-state index in [4.69, 9.17) is 9.47 Å². The number of ether oxygens (including phenoxy) is 2. The number of amides is 3. The lowest BCUT2D eigenvalue weighted by Gasteiger charge is -2.33. The van der Waals surface area contributed by atoms with Crippen molar-refractivity contribution >= 4 is 23.9 Å². The molecule has 0 radical (unpaired) electrons. The number of hydrogen-bond acceptors (Lipinski definition) is 6. The summed E-state index contributed by atoms with van der Waals surface area (Å²) in [5, 5.41) is 2.75. The number of esters is 1. The van der Waals surface area contributed by atoms with Crippen LogP contribution in [-0.2, 0) is 23.9 Å². The van der Waals surface area contributed by atoms with E-state index in [2.05, 4.69) is 17.4 Å². The summed E-state index contributed by atoms with van der Waals surface area (Å²) in [5.74, 6) is -1.22. The molecule has 2 aromatic rings. The Hall–Kier alpha value is -4.14. The van der Waals surface area contributed by atoms with Crippen LogP contribution in [0, 0.1) is 0 Å². The Labute approximate surface area is 240 Å². The Morgan fingerprint density at radius 1 is 0.951 bits per heavy atom. The van der Waals surface area contributed by atoms with Crippen molar-refractivity contribution in [2.45, 2.75) is 63.6 Å². The lowest BCUT2D eigenvalue weighted by atomic mass is 9.98. The van der Waals surface area contributed by atoms with Crippen molar-refractivity contribution < 1.29 is 28.7 Å². The van der Waals surface area contributed by atoms with Gasteiger partial charge in [-0.3, -0.25) is 14.4 Å². The first-order valence-electron chi connectivity index (χ1n) is 14.2. The Balaban J connectivity index is 1.26. The Morgan fingerprint density at radius 3 is 2.27 bits per heavy atom. The van der Waals surface area contributed by atoms with Gasteiger partial charge in [0.15, 0.2) is 0 Å². The number of alkyl carbamates (subject to hydrolysis) is 1. The van der Waals surface area contributed by atoms with Crippen molar-refractivity contribution in [3.8, 4) is 11.1 Å². The van der Waals surface area contributed by atoms with Gasteiger partial charge >= 0.3 is 12.1 Å². The quantitative estimate of drug-likeness (QED) is 0.438. The van der Waals surface area contributed by atoms with Crippen LogP contribution in [0.15, 0.2) is 60.7 Å². The molecule has 0 bridgehead atoms. The van der Waals surface area contributed by atoms with Crippen LogP contribution < -0.4 is 5.32 Å². The highest BCUT2D eigenvalue weighted by Crippen LogP contribution is 2.44. The molecule has 0 aromatic heterocycles. The smallest absolute Gasteiger partial charge is 0.407 e. The zero-order valence-corrected chi connectivity index (χ0v) is 23.8. The van der Waals surface area contributed by atoms with Gasteiger partial charge in [0.1, 0.15) is 30.8 Å².